The van der Waals surface area contributed by atoms with Crippen LogP contribution in [0.25, 0.3) is 0 Å². The fourth-order valence-corrected chi connectivity index (χ4v) is 2.50. The van der Waals surface area contributed by atoms with E-state index in [2.05, 4.69) is 5.10 Å². The molecule has 0 spiro atoms. The first-order valence-corrected chi connectivity index (χ1v) is 6.47. The van der Waals surface area contributed by atoms with Crippen molar-refractivity contribution in [2.45, 2.75) is 26.3 Å². The highest BCUT2D eigenvalue weighted by Gasteiger charge is 2.17. The first-order valence-electron chi connectivity index (χ1n) is 6.09. The Morgan fingerprint density at radius 2 is 2.11 bits per heavy atom. The number of benzene rings is 1. The van der Waals surface area contributed by atoms with Crippen LogP contribution in [-0.2, 0) is 13.5 Å². The highest BCUT2D eigenvalue weighted by molar-refractivity contribution is 6.30. The van der Waals surface area contributed by atoms with Crippen molar-refractivity contribution in [2.24, 2.45) is 12.8 Å². The molecule has 1 heterocycles. The van der Waals surface area contributed by atoms with Crippen molar-refractivity contribution in [3.05, 3.63) is 51.6 Å². The summed E-state index contributed by atoms with van der Waals surface area (Å²) in [5.41, 5.74) is 9.74. The van der Waals surface area contributed by atoms with Crippen LogP contribution in [0.1, 0.15) is 28.4 Å². The van der Waals surface area contributed by atoms with Crippen LogP contribution in [-0.4, -0.2) is 9.78 Å². The van der Waals surface area contributed by atoms with Crippen LogP contribution < -0.4 is 5.73 Å². The van der Waals surface area contributed by atoms with Gasteiger partial charge in [0.25, 0.3) is 0 Å². The zero-order valence-corrected chi connectivity index (χ0v) is 12.0. The summed E-state index contributed by atoms with van der Waals surface area (Å²) in [4.78, 5) is 0. The van der Waals surface area contributed by atoms with Gasteiger partial charge in [-0.15, -0.1) is 0 Å². The van der Waals surface area contributed by atoms with Gasteiger partial charge in [-0.1, -0.05) is 17.7 Å². The van der Waals surface area contributed by atoms with Crippen molar-refractivity contribution in [1.29, 1.82) is 0 Å². The predicted octanol–water partition coefficient (Wildman–Crippen LogP) is 3.07. The average Bonchev–Trinajstić information content (AvgIpc) is 2.59. The fourth-order valence-electron chi connectivity index (χ4n) is 2.25. The van der Waals surface area contributed by atoms with Gasteiger partial charge in [0, 0.05) is 18.7 Å². The Hall–Kier alpha value is -1.39. The lowest BCUT2D eigenvalue weighted by Gasteiger charge is -2.15. The van der Waals surface area contributed by atoms with Crippen molar-refractivity contribution < 1.29 is 4.39 Å². The highest BCUT2D eigenvalue weighted by Crippen LogP contribution is 2.26. The molecule has 102 valence electrons. The van der Waals surface area contributed by atoms with Gasteiger partial charge in [-0.05, 0) is 43.5 Å². The molecule has 0 fully saturated rings. The number of halogens is 2. The van der Waals surface area contributed by atoms with Crippen LogP contribution >= 0.6 is 11.6 Å². The Kier molecular flexibility index (Phi) is 3.92. The molecule has 0 saturated heterocycles. The van der Waals surface area contributed by atoms with Gasteiger partial charge in [-0.2, -0.15) is 5.10 Å². The van der Waals surface area contributed by atoms with E-state index in [0.29, 0.717) is 11.6 Å². The molecule has 0 aliphatic rings. The molecule has 1 unspecified atom stereocenters. The summed E-state index contributed by atoms with van der Waals surface area (Å²) in [6.45, 7) is 3.82. The molecule has 0 saturated carbocycles. The van der Waals surface area contributed by atoms with E-state index in [4.69, 9.17) is 17.3 Å². The lowest BCUT2D eigenvalue weighted by atomic mass is 9.96. The van der Waals surface area contributed by atoms with Gasteiger partial charge in [0.1, 0.15) is 11.0 Å². The van der Waals surface area contributed by atoms with Crippen LogP contribution in [0.4, 0.5) is 4.39 Å². The normalized spacial score (nSPS) is 12.7. The van der Waals surface area contributed by atoms with Crippen LogP contribution in [0.15, 0.2) is 18.2 Å². The molecular formula is C14H17ClFN3. The summed E-state index contributed by atoms with van der Waals surface area (Å²) >= 11 is 6.19. The molecule has 1 atom stereocenters. The third-order valence-corrected chi connectivity index (χ3v) is 3.81. The molecule has 1 aromatic carbocycles. The van der Waals surface area contributed by atoms with E-state index in [0.717, 1.165) is 22.4 Å². The number of hydrogen-bond acceptors (Lipinski definition) is 2. The fraction of sp³-hybridized carbons (Fsp3) is 0.357. The first-order chi connectivity index (χ1) is 8.90. The van der Waals surface area contributed by atoms with Gasteiger partial charge in [-0.25, -0.2) is 4.39 Å². The summed E-state index contributed by atoms with van der Waals surface area (Å²) in [5.74, 6) is -0.273. The molecule has 0 amide bonds. The third-order valence-electron chi connectivity index (χ3n) is 3.33. The van der Waals surface area contributed by atoms with E-state index >= 15 is 0 Å². The van der Waals surface area contributed by atoms with E-state index in [1.165, 1.54) is 12.1 Å². The Morgan fingerprint density at radius 3 is 2.68 bits per heavy atom. The molecule has 0 aliphatic carbocycles. The minimum atomic E-state index is -0.295. The highest BCUT2D eigenvalue weighted by atomic mass is 35.5. The topological polar surface area (TPSA) is 43.8 Å². The SMILES string of the molecule is Cc1ccc(F)cc1C(N)Cc1c(C)nn(C)c1Cl. The van der Waals surface area contributed by atoms with E-state index in [1.54, 1.807) is 17.8 Å². The smallest absolute Gasteiger partial charge is 0.130 e. The Morgan fingerprint density at radius 1 is 1.42 bits per heavy atom. The second-order valence-corrected chi connectivity index (χ2v) is 5.15. The number of nitrogens with zero attached hydrogens (tertiary/aromatic N) is 2. The standard InChI is InChI=1S/C14H17ClFN3/c1-8-4-5-10(16)6-11(8)13(17)7-12-9(2)18-19(3)14(12)15/h4-6,13H,7,17H2,1-3H3. The molecule has 0 aliphatic heterocycles. The van der Waals surface area contributed by atoms with Crippen molar-refractivity contribution in [3.63, 3.8) is 0 Å². The van der Waals surface area contributed by atoms with Crippen LogP contribution in [0.3, 0.4) is 0 Å². The van der Waals surface area contributed by atoms with Crippen molar-refractivity contribution in [1.82, 2.24) is 9.78 Å². The Labute approximate surface area is 117 Å². The summed E-state index contributed by atoms with van der Waals surface area (Å²) in [7, 11) is 1.79. The molecule has 2 rings (SSSR count). The largest absolute Gasteiger partial charge is 0.324 e. The quantitative estimate of drug-likeness (QED) is 0.940. The molecule has 2 N–H and O–H groups in total. The molecule has 2 aromatic rings. The van der Waals surface area contributed by atoms with Gasteiger partial charge in [0.05, 0.1) is 5.69 Å². The maximum Gasteiger partial charge on any atom is 0.130 e. The van der Waals surface area contributed by atoms with Gasteiger partial charge in [0.2, 0.25) is 0 Å². The van der Waals surface area contributed by atoms with E-state index < -0.39 is 0 Å². The average molecular weight is 282 g/mol. The molecule has 19 heavy (non-hydrogen) atoms. The van der Waals surface area contributed by atoms with Gasteiger partial charge < -0.3 is 5.73 Å². The molecular weight excluding hydrogens is 265 g/mol. The zero-order chi connectivity index (χ0) is 14.2. The minimum absolute atomic E-state index is 0.273. The number of rotatable bonds is 3. The summed E-state index contributed by atoms with van der Waals surface area (Å²) < 4.78 is 14.9. The number of hydrogen-bond donors (Lipinski definition) is 1. The van der Waals surface area contributed by atoms with Gasteiger partial charge in [0.15, 0.2) is 0 Å². The second-order valence-electron chi connectivity index (χ2n) is 4.79. The van der Waals surface area contributed by atoms with E-state index in [1.807, 2.05) is 13.8 Å². The van der Waals surface area contributed by atoms with Crippen LogP contribution in [0.2, 0.25) is 5.15 Å². The van der Waals surface area contributed by atoms with Crippen molar-refractivity contribution in [3.8, 4) is 0 Å². The monoisotopic (exact) mass is 281 g/mol. The first kappa shape index (κ1) is 14.0. The summed E-state index contributed by atoms with van der Waals surface area (Å²) in [6, 6.07) is 4.37. The Bertz CT molecular complexity index is 607. The lowest BCUT2D eigenvalue weighted by molar-refractivity contribution is 0.617. The number of nitrogens with two attached hydrogens (primary N) is 1. The lowest BCUT2D eigenvalue weighted by Crippen LogP contribution is -2.15. The van der Waals surface area contributed by atoms with Crippen molar-refractivity contribution >= 4 is 11.6 Å². The molecule has 1 aromatic heterocycles. The van der Waals surface area contributed by atoms with Gasteiger partial charge in [-0.3, -0.25) is 4.68 Å². The Balaban J connectivity index is 2.30. The van der Waals surface area contributed by atoms with Gasteiger partial charge >= 0.3 is 0 Å². The minimum Gasteiger partial charge on any atom is -0.324 e. The van der Waals surface area contributed by atoms with E-state index in [9.17, 15) is 4.39 Å². The molecule has 3 nitrogen and oxygen atoms in total. The second kappa shape index (κ2) is 5.31. The number of aryl methyl sites for hydroxylation is 3. The predicted molar refractivity (Wildman–Crippen MR) is 74.7 cm³/mol. The summed E-state index contributed by atoms with van der Waals surface area (Å²) in [5, 5.41) is 4.84. The van der Waals surface area contributed by atoms with Crippen LogP contribution in [0.5, 0.6) is 0 Å². The molecule has 0 bridgehead atoms. The third kappa shape index (κ3) is 2.80. The maximum absolute atomic E-state index is 13.3. The molecule has 0 radical (unpaired) electrons. The number of aromatic nitrogens is 2. The van der Waals surface area contributed by atoms with E-state index in [-0.39, 0.29) is 11.9 Å². The maximum atomic E-state index is 13.3. The van der Waals surface area contributed by atoms with Crippen LogP contribution in [0, 0.1) is 19.7 Å². The zero-order valence-electron chi connectivity index (χ0n) is 11.2. The molecule has 5 heteroatoms. The van der Waals surface area contributed by atoms with Crippen molar-refractivity contribution in [2.75, 3.05) is 0 Å². The summed E-state index contributed by atoms with van der Waals surface area (Å²) in [6.07, 6.45) is 0.544.